The first-order valence-corrected chi connectivity index (χ1v) is 10.2. The second-order valence-corrected chi connectivity index (χ2v) is 6.74. The lowest BCUT2D eigenvalue weighted by atomic mass is 9.82. The van der Waals surface area contributed by atoms with Gasteiger partial charge in [-0.25, -0.2) is 0 Å². The van der Waals surface area contributed by atoms with Crippen molar-refractivity contribution in [3.63, 3.8) is 0 Å². The highest BCUT2D eigenvalue weighted by Gasteiger charge is 2.15. The van der Waals surface area contributed by atoms with E-state index in [1.165, 1.54) is 70.6 Å². The average molecular weight is 299 g/mol. The van der Waals surface area contributed by atoms with Crippen LogP contribution in [0.5, 0.6) is 0 Å². The molecule has 0 unspecified atom stereocenters. The van der Waals surface area contributed by atoms with Crippen molar-refractivity contribution in [3.8, 4) is 0 Å². The Labute approximate surface area is 137 Å². The Kier molecular flexibility index (Phi) is 20.0. The van der Waals surface area contributed by atoms with Crippen molar-refractivity contribution < 1.29 is 0 Å². The maximum atomic E-state index is 2.38. The van der Waals surface area contributed by atoms with Crippen molar-refractivity contribution in [2.24, 2.45) is 17.8 Å². The van der Waals surface area contributed by atoms with Gasteiger partial charge in [-0.2, -0.15) is 0 Å². The van der Waals surface area contributed by atoms with Crippen LogP contribution in [0.4, 0.5) is 0 Å². The fourth-order valence-corrected chi connectivity index (χ4v) is 3.28. The Hall–Kier alpha value is 0. The number of hydrogen-bond acceptors (Lipinski definition) is 0. The molecule has 0 radical (unpaired) electrons. The summed E-state index contributed by atoms with van der Waals surface area (Å²) >= 11 is 0. The molecule has 2 aliphatic rings. The summed E-state index contributed by atoms with van der Waals surface area (Å²) in [5.41, 5.74) is 0. The second kappa shape index (κ2) is 18.1. The highest BCUT2D eigenvalue weighted by atomic mass is 14.2. The molecule has 2 rings (SSSR count). The predicted molar refractivity (Wildman–Crippen MR) is 101 cm³/mol. The third-order valence-corrected chi connectivity index (χ3v) is 4.74. The molecule has 0 N–H and O–H groups in total. The fraction of sp³-hybridized carbons (Fsp3) is 1.00. The molecular formula is C21H46. The van der Waals surface area contributed by atoms with E-state index in [-0.39, 0.29) is 0 Å². The first kappa shape index (κ1) is 23.3. The normalized spacial score (nSPS) is 20.0. The molecule has 0 bridgehead atoms. The van der Waals surface area contributed by atoms with Crippen LogP contribution in [0.2, 0.25) is 0 Å². The lowest BCUT2D eigenvalue weighted by Gasteiger charge is -2.24. The van der Waals surface area contributed by atoms with Gasteiger partial charge in [0.25, 0.3) is 0 Å². The molecule has 0 spiro atoms. The zero-order valence-corrected chi connectivity index (χ0v) is 16.5. The molecule has 0 aromatic carbocycles. The van der Waals surface area contributed by atoms with Crippen LogP contribution >= 0.6 is 0 Å². The third kappa shape index (κ3) is 14.7. The molecule has 0 aromatic rings. The smallest absolute Gasteiger partial charge is 0.0391 e. The molecule has 0 aliphatic heterocycles. The maximum absolute atomic E-state index is 2.38. The third-order valence-electron chi connectivity index (χ3n) is 4.74. The van der Waals surface area contributed by atoms with Gasteiger partial charge in [-0.05, 0) is 17.8 Å². The molecule has 0 aromatic heterocycles. The quantitative estimate of drug-likeness (QED) is 0.427. The van der Waals surface area contributed by atoms with E-state index in [0.717, 1.165) is 17.8 Å². The van der Waals surface area contributed by atoms with Crippen molar-refractivity contribution in [1.82, 2.24) is 0 Å². The van der Waals surface area contributed by atoms with Gasteiger partial charge in [-0.1, -0.05) is 119 Å². The van der Waals surface area contributed by atoms with E-state index >= 15 is 0 Å². The molecule has 0 saturated heterocycles. The van der Waals surface area contributed by atoms with Gasteiger partial charge in [0.2, 0.25) is 0 Å². The van der Waals surface area contributed by atoms with Gasteiger partial charge >= 0.3 is 0 Å². The van der Waals surface area contributed by atoms with Crippen molar-refractivity contribution in [3.05, 3.63) is 0 Å². The highest BCUT2D eigenvalue weighted by molar-refractivity contribution is 4.67. The SMILES string of the molecule is CC.CC.CC(C)C1CCCCC1.CC1CCCCCC1. The molecule has 2 fully saturated rings. The lowest BCUT2D eigenvalue weighted by molar-refractivity contribution is 0.279. The molecule has 2 aliphatic carbocycles. The van der Waals surface area contributed by atoms with Gasteiger partial charge in [0.05, 0.1) is 0 Å². The summed E-state index contributed by atoms with van der Waals surface area (Å²) < 4.78 is 0. The van der Waals surface area contributed by atoms with Gasteiger partial charge < -0.3 is 0 Å². The van der Waals surface area contributed by atoms with Crippen molar-refractivity contribution >= 4 is 0 Å². The van der Waals surface area contributed by atoms with Crippen LogP contribution in [0.15, 0.2) is 0 Å². The molecule has 130 valence electrons. The Morgan fingerprint density at radius 1 is 0.571 bits per heavy atom. The second-order valence-electron chi connectivity index (χ2n) is 6.74. The lowest BCUT2D eigenvalue weighted by Crippen LogP contribution is -2.12. The van der Waals surface area contributed by atoms with Crippen LogP contribution in [0.25, 0.3) is 0 Å². The standard InChI is InChI=1S/C9H18.C8H16.2C2H6/c1-8(2)9-6-4-3-5-7-9;1-8-6-4-2-3-5-7-8;2*1-2/h8-9H,3-7H2,1-2H3;8H,2-7H2,1H3;2*1-2H3. The highest BCUT2D eigenvalue weighted by Crippen LogP contribution is 2.29. The average Bonchev–Trinajstić information content (AvgIpc) is 2.80. The topological polar surface area (TPSA) is 0 Å². The molecule has 0 atom stereocenters. The van der Waals surface area contributed by atoms with Crippen LogP contribution in [0, 0.1) is 17.8 Å². The Bertz CT molecular complexity index is 157. The summed E-state index contributed by atoms with van der Waals surface area (Å²) in [6, 6.07) is 0. The minimum Gasteiger partial charge on any atom is -0.0683 e. The van der Waals surface area contributed by atoms with Crippen LogP contribution in [-0.4, -0.2) is 0 Å². The van der Waals surface area contributed by atoms with Crippen LogP contribution in [0.3, 0.4) is 0 Å². The molecule has 2 saturated carbocycles. The van der Waals surface area contributed by atoms with Crippen LogP contribution in [-0.2, 0) is 0 Å². The van der Waals surface area contributed by atoms with Gasteiger partial charge in [0, 0.05) is 0 Å². The van der Waals surface area contributed by atoms with E-state index in [4.69, 9.17) is 0 Å². The predicted octanol–water partition coefficient (Wildman–Crippen LogP) is 8.25. The fourth-order valence-electron chi connectivity index (χ4n) is 3.28. The van der Waals surface area contributed by atoms with E-state index in [2.05, 4.69) is 20.8 Å². The summed E-state index contributed by atoms with van der Waals surface area (Å²) in [7, 11) is 0. The molecule has 0 amide bonds. The summed E-state index contributed by atoms with van der Waals surface area (Å²) in [5, 5.41) is 0. The molecular weight excluding hydrogens is 252 g/mol. The minimum atomic E-state index is 0.935. The van der Waals surface area contributed by atoms with Crippen LogP contribution in [0.1, 0.15) is 119 Å². The molecule has 0 heteroatoms. The molecule has 0 nitrogen and oxygen atoms in total. The van der Waals surface area contributed by atoms with Gasteiger partial charge in [0.1, 0.15) is 0 Å². The van der Waals surface area contributed by atoms with E-state index in [1.807, 2.05) is 27.7 Å². The summed E-state index contributed by atoms with van der Waals surface area (Å²) in [6.07, 6.45) is 16.4. The zero-order valence-electron chi connectivity index (χ0n) is 16.5. The van der Waals surface area contributed by atoms with E-state index in [9.17, 15) is 0 Å². The van der Waals surface area contributed by atoms with Gasteiger partial charge in [-0.15, -0.1) is 0 Å². The summed E-state index contributed by atoms with van der Waals surface area (Å²) in [4.78, 5) is 0. The summed E-state index contributed by atoms with van der Waals surface area (Å²) in [5.74, 6) is 3.02. The number of hydrogen-bond donors (Lipinski definition) is 0. The van der Waals surface area contributed by atoms with E-state index < -0.39 is 0 Å². The van der Waals surface area contributed by atoms with Crippen molar-refractivity contribution in [2.75, 3.05) is 0 Å². The number of rotatable bonds is 1. The summed E-state index contributed by atoms with van der Waals surface area (Å²) in [6.45, 7) is 15.1. The van der Waals surface area contributed by atoms with E-state index in [1.54, 1.807) is 0 Å². The zero-order chi connectivity index (χ0) is 16.5. The van der Waals surface area contributed by atoms with Crippen molar-refractivity contribution in [2.45, 2.75) is 119 Å². The van der Waals surface area contributed by atoms with Crippen molar-refractivity contribution in [1.29, 1.82) is 0 Å². The monoisotopic (exact) mass is 298 g/mol. The van der Waals surface area contributed by atoms with Gasteiger partial charge in [-0.3, -0.25) is 0 Å². The first-order chi connectivity index (χ1) is 10.2. The molecule has 21 heavy (non-hydrogen) atoms. The molecule has 0 heterocycles. The first-order valence-electron chi connectivity index (χ1n) is 10.2. The minimum absolute atomic E-state index is 0.935. The maximum Gasteiger partial charge on any atom is -0.0391 e. The van der Waals surface area contributed by atoms with E-state index in [0.29, 0.717) is 0 Å². The Morgan fingerprint density at radius 3 is 1.24 bits per heavy atom. The Morgan fingerprint density at radius 2 is 0.905 bits per heavy atom. The van der Waals surface area contributed by atoms with Crippen LogP contribution < -0.4 is 0 Å². The van der Waals surface area contributed by atoms with Gasteiger partial charge in [0.15, 0.2) is 0 Å². The largest absolute Gasteiger partial charge is 0.0683 e. The Balaban J connectivity index is 0.